The van der Waals surface area contributed by atoms with Crippen LogP contribution in [0.3, 0.4) is 0 Å². The molecule has 1 rings (SSSR count). The summed E-state index contributed by atoms with van der Waals surface area (Å²) in [5, 5.41) is 9.61. The summed E-state index contributed by atoms with van der Waals surface area (Å²) < 4.78 is 1.01. The minimum absolute atomic E-state index is 0.286. The van der Waals surface area contributed by atoms with Gasteiger partial charge in [-0.2, -0.15) is 0 Å². The van der Waals surface area contributed by atoms with Gasteiger partial charge in [0.05, 0.1) is 5.03 Å². The van der Waals surface area contributed by atoms with E-state index in [2.05, 4.69) is 20.9 Å². The Morgan fingerprint density at radius 1 is 1.38 bits per heavy atom. The van der Waals surface area contributed by atoms with Gasteiger partial charge >= 0.3 is 0 Å². The molecule has 0 bridgehead atoms. The molecule has 0 unspecified atom stereocenters. The fourth-order valence-corrected chi connectivity index (χ4v) is 1.92. The van der Waals surface area contributed by atoms with Crippen molar-refractivity contribution in [2.24, 2.45) is 0 Å². The number of halogens is 1. The van der Waals surface area contributed by atoms with E-state index in [1.807, 2.05) is 12.1 Å². The van der Waals surface area contributed by atoms with Gasteiger partial charge in [-0.3, -0.25) is 0 Å². The Hall–Kier alpha value is -0.0600. The maximum Gasteiger partial charge on any atom is 0.0960 e. The van der Waals surface area contributed by atoms with Crippen molar-refractivity contribution in [3.63, 3.8) is 0 Å². The molecule has 1 heterocycles. The molecule has 0 atom stereocenters. The number of aromatic nitrogens is 1. The Balaban J connectivity index is 2.25. The zero-order chi connectivity index (χ0) is 9.52. The normalized spacial score (nSPS) is 10.3. The van der Waals surface area contributed by atoms with Crippen LogP contribution in [0, 0.1) is 0 Å². The van der Waals surface area contributed by atoms with Gasteiger partial charge in [0.1, 0.15) is 0 Å². The highest BCUT2D eigenvalue weighted by Crippen LogP contribution is 2.18. The number of unbranched alkanes of at least 4 members (excludes halogenated alkanes) is 1. The molecule has 72 valence electrons. The van der Waals surface area contributed by atoms with Crippen LogP contribution in [0.25, 0.3) is 0 Å². The van der Waals surface area contributed by atoms with Crippen molar-refractivity contribution in [2.75, 3.05) is 12.4 Å². The summed E-state index contributed by atoms with van der Waals surface area (Å²) in [6.07, 6.45) is 3.72. The summed E-state index contributed by atoms with van der Waals surface area (Å²) in [5.41, 5.74) is 0. The van der Waals surface area contributed by atoms with Crippen LogP contribution < -0.4 is 0 Å². The Bertz CT molecular complexity index is 240. The summed E-state index contributed by atoms with van der Waals surface area (Å²) in [5.74, 6) is 1.02. The van der Waals surface area contributed by atoms with Crippen molar-refractivity contribution in [1.82, 2.24) is 4.98 Å². The molecule has 0 radical (unpaired) electrons. The minimum Gasteiger partial charge on any atom is -0.396 e. The van der Waals surface area contributed by atoms with Gasteiger partial charge in [-0.25, -0.2) is 4.98 Å². The van der Waals surface area contributed by atoms with Crippen LogP contribution in [-0.4, -0.2) is 22.5 Å². The molecule has 4 heteroatoms. The predicted molar refractivity (Wildman–Crippen MR) is 59.0 cm³/mol. The SMILES string of the molecule is OCCCCSc1ccc(Br)cn1. The van der Waals surface area contributed by atoms with E-state index in [9.17, 15) is 0 Å². The van der Waals surface area contributed by atoms with Gasteiger partial charge in [0.15, 0.2) is 0 Å². The van der Waals surface area contributed by atoms with E-state index in [1.54, 1.807) is 18.0 Å². The van der Waals surface area contributed by atoms with E-state index in [0.29, 0.717) is 0 Å². The van der Waals surface area contributed by atoms with Crippen molar-refractivity contribution in [2.45, 2.75) is 17.9 Å². The van der Waals surface area contributed by atoms with Crippen molar-refractivity contribution in [3.05, 3.63) is 22.8 Å². The highest BCUT2D eigenvalue weighted by atomic mass is 79.9. The minimum atomic E-state index is 0.286. The van der Waals surface area contributed by atoms with Crippen LogP contribution in [0.1, 0.15) is 12.8 Å². The van der Waals surface area contributed by atoms with Gasteiger partial charge < -0.3 is 5.11 Å². The summed E-state index contributed by atoms with van der Waals surface area (Å²) >= 11 is 5.06. The van der Waals surface area contributed by atoms with E-state index in [1.165, 1.54) is 0 Å². The average Bonchev–Trinajstić information content (AvgIpc) is 2.15. The Morgan fingerprint density at radius 3 is 2.85 bits per heavy atom. The third-order valence-corrected chi connectivity index (χ3v) is 3.00. The van der Waals surface area contributed by atoms with Crippen molar-refractivity contribution in [1.29, 1.82) is 0 Å². The first-order valence-corrected chi connectivity index (χ1v) is 5.96. The zero-order valence-electron chi connectivity index (χ0n) is 7.24. The molecule has 1 aromatic rings. The molecule has 0 spiro atoms. The van der Waals surface area contributed by atoms with Gasteiger partial charge in [-0.05, 0) is 46.7 Å². The number of hydrogen-bond acceptors (Lipinski definition) is 3. The van der Waals surface area contributed by atoms with Crippen LogP contribution in [0.4, 0.5) is 0 Å². The molecule has 0 amide bonds. The lowest BCUT2D eigenvalue weighted by Crippen LogP contribution is -1.86. The summed E-state index contributed by atoms with van der Waals surface area (Å²) in [6.45, 7) is 0.286. The van der Waals surface area contributed by atoms with Crippen molar-refractivity contribution >= 4 is 27.7 Å². The van der Waals surface area contributed by atoms with Gasteiger partial charge in [-0.15, -0.1) is 11.8 Å². The lowest BCUT2D eigenvalue weighted by atomic mass is 10.4. The number of pyridine rings is 1. The van der Waals surface area contributed by atoms with Crippen LogP contribution in [-0.2, 0) is 0 Å². The van der Waals surface area contributed by atoms with Crippen LogP contribution >= 0.6 is 27.7 Å². The maximum absolute atomic E-state index is 8.57. The average molecular weight is 262 g/mol. The fraction of sp³-hybridized carbons (Fsp3) is 0.444. The van der Waals surface area contributed by atoms with Crippen LogP contribution in [0.15, 0.2) is 27.8 Å². The number of aliphatic hydroxyl groups is 1. The highest BCUT2D eigenvalue weighted by molar-refractivity contribution is 9.10. The summed E-state index contributed by atoms with van der Waals surface area (Å²) in [7, 11) is 0. The number of thioether (sulfide) groups is 1. The lowest BCUT2D eigenvalue weighted by molar-refractivity contribution is 0.287. The second-order valence-electron chi connectivity index (χ2n) is 2.59. The molecule has 1 aromatic heterocycles. The Morgan fingerprint density at radius 2 is 2.23 bits per heavy atom. The monoisotopic (exact) mass is 261 g/mol. The topological polar surface area (TPSA) is 33.1 Å². The Kier molecular flexibility index (Phi) is 5.43. The predicted octanol–water partition coefficient (Wildman–Crippen LogP) is 2.71. The van der Waals surface area contributed by atoms with E-state index in [4.69, 9.17) is 5.11 Å². The molecule has 13 heavy (non-hydrogen) atoms. The molecule has 0 saturated carbocycles. The molecule has 1 N–H and O–H groups in total. The Labute approximate surface area is 90.9 Å². The third kappa shape index (κ3) is 4.64. The fourth-order valence-electron chi connectivity index (χ4n) is 0.838. The van der Waals surface area contributed by atoms with E-state index in [-0.39, 0.29) is 6.61 Å². The first-order valence-electron chi connectivity index (χ1n) is 4.18. The molecule has 0 fully saturated rings. The number of nitrogens with zero attached hydrogens (tertiary/aromatic N) is 1. The van der Waals surface area contributed by atoms with E-state index in [0.717, 1.165) is 28.1 Å². The summed E-state index contributed by atoms with van der Waals surface area (Å²) in [6, 6.07) is 3.98. The molecule has 0 aliphatic rings. The quantitative estimate of drug-likeness (QED) is 0.654. The zero-order valence-corrected chi connectivity index (χ0v) is 9.64. The smallest absolute Gasteiger partial charge is 0.0960 e. The number of aliphatic hydroxyl groups excluding tert-OH is 1. The van der Waals surface area contributed by atoms with Crippen molar-refractivity contribution in [3.8, 4) is 0 Å². The van der Waals surface area contributed by atoms with Gasteiger partial charge in [-0.1, -0.05) is 0 Å². The standard InChI is InChI=1S/C9H12BrNOS/c10-8-3-4-9(11-7-8)13-6-2-1-5-12/h3-4,7,12H,1-2,5-6H2. The molecule has 0 aliphatic heterocycles. The first kappa shape index (κ1) is 11.0. The molecule has 0 aromatic carbocycles. The number of rotatable bonds is 5. The van der Waals surface area contributed by atoms with E-state index < -0.39 is 0 Å². The molecule has 0 aliphatic carbocycles. The second kappa shape index (κ2) is 6.40. The third-order valence-electron chi connectivity index (χ3n) is 1.50. The van der Waals surface area contributed by atoms with Crippen LogP contribution in [0.5, 0.6) is 0 Å². The molecule has 2 nitrogen and oxygen atoms in total. The van der Waals surface area contributed by atoms with E-state index >= 15 is 0 Å². The lowest BCUT2D eigenvalue weighted by Gasteiger charge is -1.99. The van der Waals surface area contributed by atoms with Crippen molar-refractivity contribution < 1.29 is 5.11 Å². The van der Waals surface area contributed by atoms with Gasteiger partial charge in [0.2, 0.25) is 0 Å². The largest absolute Gasteiger partial charge is 0.396 e. The maximum atomic E-state index is 8.57. The first-order chi connectivity index (χ1) is 6.33. The van der Waals surface area contributed by atoms with Gasteiger partial charge in [0, 0.05) is 17.3 Å². The summed E-state index contributed by atoms with van der Waals surface area (Å²) in [4.78, 5) is 4.23. The van der Waals surface area contributed by atoms with Crippen LogP contribution in [0.2, 0.25) is 0 Å². The highest BCUT2D eigenvalue weighted by Gasteiger charge is 1.94. The van der Waals surface area contributed by atoms with Gasteiger partial charge in [0.25, 0.3) is 0 Å². The number of hydrogen-bond donors (Lipinski definition) is 1. The molecular weight excluding hydrogens is 250 g/mol. The molecule has 0 saturated heterocycles. The second-order valence-corrected chi connectivity index (χ2v) is 4.62. The molecular formula is C9H12BrNOS.